The van der Waals surface area contributed by atoms with Crippen molar-refractivity contribution in [1.29, 1.82) is 0 Å². The van der Waals surface area contributed by atoms with Crippen LogP contribution < -0.4 is 20.7 Å². The van der Waals surface area contributed by atoms with E-state index in [1.165, 1.54) is 23.0 Å². The molecule has 2 heterocycles. The quantitative estimate of drug-likeness (QED) is 0.454. The Kier molecular flexibility index (Phi) is 6.93. The Hall–Kier alpha value is -3.67. The maximum atomic E-state index is 12.9. The van der Waals surface area contributed by atoms with E-state index in [1.807, 2.05) is 0 Å². The molecule has 0 radical (unpaired) electrons. The van der Waals surface area contributed by atoms with E-state index in [0.29, 0.717) is 24.2 Å². The number of hydrogen-bond acceptors (Lipinski definition) is 6. The monoisotopic (exact) mass is 450 g/mol. The molecule has 170 valence electrons. The van der Waals surface area contributed by atoms with Gasteiger partial charge in [0.05, 0.1) is 11.2 Å². The van der Waals surface area contributed by atoms with Crippen molar-refractivity contribution in [2.75, 3.05) is 25.5 Å². The Morgan fingerprint density at radius 2 is 1.97 bits per heavy atom. The Balaban J connectivity index is 1.88. The fourth-order valence-corrected chi connectivity index (χ4v) is 2.88. The number of fused-ring (bicyclic) bond motifs is 1. The molecule has 0 aliphatic carbocycles. The van der Waals surface area contributed by atoms with Gasteiger partial charge in [-0.3, -0.25) is 14.3 Å². The minimum absolute atomic E-state index is 0.0389. The van der Waals surface area contributed by atoms with E-state index in [0.717, 1.165) is 6.07 Å². The molecule has 0 aliphatic rings. The van der Waals surface area contributed by atoms with Crippen molar-refractivity contribution in [3.05, 3.63) is 47.9 Å². The summed E-state index contributed by atoms with van der Waals surface area (Å²) in [4.78, 5) is 28.5. The molecule has 32 heavy (non-hydrogen) atoms. The lowest BCUT2D eigenvalue weighted by Gasteiger charge is -2.14. The lowest BCUT2D eigenvalue weighted by atomic mass is 10.2. The third kappa shape index (κ3) is 6.17. The maximum Gasteiger partial charge on any atom is 0.573 e. The number of halogens is 3. The van der Waals surface area contributed by atoms with Crippen LogP contribution in [0.2, 0.25) is 0 Å². The normalized spacial score (nSPS) is 11.4. The van der Waals surface area contributed by atoms with Crippen molar-refractivity contribution >= 4 is 28.4 Å². The average Bonchev–Trinajstić information content (AvgIpc) is 3.08. The van der Waals surface area contributed by atoms with E-state index in [1.54, 1.807) is 26.1 Å². The number of pyridine rings is 1. The van der Waals surface area contributed by atoms with Crippen molar-refractivity contribution in [3.63, 3.8) is 0 Å². The van der Waals surface area contributed by atoms with E-state index in [2.05, 4.69) is 30.8 Å². The largest absolute Gasteiger partial charge is 0.573 e. The number of aromatic nitrogens is 3. The molecule has 3 rings (SSSR count). The number of benzene rings is 1. The SMILES string of the molecule is CNCCNC(=O)Cn1cc2cc(NC(=O)c3cccc(C)n3)c(OC(F)(F)F)cc2n1. The van der Waals surface area contributed by atoms with Crippen LogP contribution in [0.4, 0.5) is 18.9 Å². The molecule has 0 fully saturated rings. The number of likely N-dealkylation sites (N-methyl/N-ethyl adjacent to an activating group) is 1. The Labute approximate surface area is 180 Å². The van der Waals surface area contributed by atoms with Crippen LogP contribution in [0.3, 0.4) is 0 Å². The highest BCUT2D eigenvalue weighted by molar-refractivity contribution is 6.05. The molecule has 12 heteroatoms. The summed E-state index contributed by atoms with van der Waals surface area (Å²) in [5.74, 6) is -1.63. The van der Waals surface area contributed by atoms with Gasteiger partial charge >= 0.3 is 6.36 Å². The molecule has 3 N–H and O–H groups in total. The van der Waals surface area contributed by atoms with Crippen LogP contribution in [0, 0.1) is 6.92 Å². The molecule has 0 bridgehead atoms. The molecule has 0 unspecified atom stereocenters. The van der Waals surface area contributed by atoms with E-state index < -0.39 is 18.0 Å². The Bertz CT molecular complexity index is 1130. The van der Waals surface area contributed by atoms with Gasteiger partial charge in [-0.25, -0.2) is 4.98 Å². The summed E-state index contributed by atoms with van der Waals surface area (Å²) in [7, 11) is 1.75. The standard InChI is InChI=1S/C20H21F3N6O3/c1-12-4-3-5-14(26-12)19(31)27-16-8-13-10-29(11-18(30)25-7-6-24-2)28-15(13)9-17(16)32-20(21,22)23/h3-5,8-10,24H,6-7,11H2,1-2H3,(H,25,30)(H,27,31). The van der Waals surface area contributed by atoms with Crippen molar-refractivity contribution in [2.45, 2.75) is 19.8 Å². The molecule has 0 saturated carbocycles. The molecule has 2 amide bonds. The molecule has 0 aliphatic heterocycles. The van der Waals surface area contributed by atoms with Crippen LogP contribution in [-0.4, -0.2) is 53.1 Å². The van der Waals surface area contributed by atoms with Gasteiger partial charge in [-0.15, -0.1) is 13.2 Å². The Morgan fingerprint density at radius 3 is 2.66 bits per heavy atom. The number of alkyl halides is 3. The van der Waals surface area contributed by atoms with Gasteiger partial charge in [0.25, 0.3) is 5.91 Å². The molecular weight excluding hydrogens is 429 g/mol. The number of rotatable bonds is 8. The molecular formula is C20H21F3N6O3. The Morgan fingerprint density at radius 1 is 1.19 bits per heavy atom. The number of carbonyl (C=O) groups is 2. The number of aryl methyl sites for hydroxylation is 1. The van der Waals surface area contributed by atoms with Crippen LogP contribution in [0.15, 0.2) is 36.5 Å². The topological polar surface area (TPSA) is 110 Å². The minimum Gasteiger partial charge on any atom is -0.403 e. The summed E-state index contributed by atoms with van der Waals surface area (Å²) in [6.07, 6.45) is -3.49. The number of amides is 2. The first-order chi connectivity index (χ1) is 15.1. The summed E-state index contributed by atoms with van der Waals surface area (Å²) in [5, 5.41) is 12.5. The zero-order chi connectivity index (χ0) is 23.3. The second kappa shape index (κ2) is 9.64. The van der Waals surface area contributed by atoms with Gasteiger partial charge in [0.15, 0.2) is 5.75 Å². The van der Waals surface area contributed by atoms with Crippen LogP contribution >= 0.6 is 0 Å². The fourth-order valence-electron chi connectivity index (χ4n) is 2.88. The van der Waals surface area contributed by atoms with Crippen LogP contribution in [-0.2, 0) is 11.3 Å². The molecule has 9 nitrogen and oxygen atoms in total. The first-order valence-electron chi connectivity index (χ1n) is 9.58. The molecule has 1 aromatic carbocycles. The molecule has 0 atom stereocenters. The zero-order valence-corrected chi connectivity index (χ0v) is 17.3. The van der Waals surface area contributed by atoms with E-state index in [4.69, 9.17) is 0 Å². The number of nitrogens with zero attached hydrogens (tertiary/aromatic N) is 3. The third-order valence-corrected chi connectivity index (χ3v) is 4.25. The van der Waals surface area contributed by atoms with Crippen molar-refractivity contribution < 1.29 is 27.5 Å². The predicted octanol–water partition coefficient (Wildman–Crippen LogP) is 2.23. The molecule has 0 spiro atoms. The molecule has 0 saturated heterocycles. The van der Waals surface area contributed by atoms with Gasteiger partial charge in [-0.1, -0.05) is 6.07 Å². The number of anilines is 1. The van der Waals surface area contributed by atoms with Gasteiger partial charge < -0.3 is 20.7 Å². The van der Waals surface area contributed by atoms with Gasteiger partial charge in [0, 0.05) is 36.4 Å². The highest BCUT2D eigenvalue weighted by atomic mass is 19.4. The van der Waals surface area contributed by atoms with Crippen molar-refractivity contribution in [3.8, 4) is 5.75 Å². The first kappa shape index (κ1) is 23.0. The lowest BCUT2D eigenvalue weighted by Crippen LogP contribution is -2.33. The second-order valence-electron chi connectivity index (χ2n) is 6.85. The average molecular weight is 450 g/mol. The smallest absolute Gasteiger partial charge is 0.403 e. The fraction of sp³-hybridized carbons (Fsp3) is 0.300. The highest BCUT2D eigenvalue weighted by Crippen LogP contribution is 2.34. The van der Waals surface area contributed by atoms with Crippen LogP contribution in [0.5, 0.6) is 5.75 Å². The van der Waals surface area contributed by atoms with Gasteiger partial charge in [0.2, 0.25) is 5.91 Å². The molecule has 2 aromatic heterocycles. The summed E-state index contributed by atoms with van der Waals surface area (Å²) in [5.41, 5.74) is 0.575. The van der Waals surface area contributed by atoms with E-state index >= 15 is 0 Å². The minimum atomic E-state index is -4.98. The summed E-state index contributed by atoms with van der Waals surface area (Å²) < 4.78 is 44.2. The van der Waals surface area contributed by atoms with Gasteiger partial charge in [-0.05, 0) is 32.2 Å². The molecule has 3 aromatic rings. The van der Waals surface area contributed by atoms with Crippen molar-refractivity contribution in [1.82, 2.24) is 25.4 Å². The van der Waals surface area contributed by atoms with Crippen LogP contribution in [0.25, 0.3) is 10.9 Å². The number of hydrogen-bond donors (Lipinski definition) is 3. The summed E-state index contributed by atoms with van der Waals surface area (Å²) >= 11 is 0. The number of carbonyl (C=O) groups excluding carboxylic acids is 2. The third-order valence-electron chi connectivity index (χ3n) is 4.25. The van der Waals surface area contributed by atoms with E-state index in [9.17, 15) is 22.8 Å². The predicted molar refractivity (Wildman–Crippen MR) is 110 cm³/mol. The van der Waals surface area contributed by atoms with Gasteiger partial charge in [-0.2, -0.15) is 5.10 Å². The van der Waals surface area contributed by atoms with Gasteiger partial charge in [0.1, 0.15) is 12.2 Å². The van der Waals surface area contributed by atoms with Crippen molar-refractivity contribution in [2.24, 2.45) is 0 Å². The zero-order valence-electron chi connectivity index (χ0n) is 17.3. The summed E-state index contributed by atoms with van der Waals surface area (Å²) in [6.45, 7) is 2.57. The second-order valence-corrected chi connectivity index (χ2v) is 6.85. The number of ether oxygens (including phenoxy) is 1. The highest BCUT2D eigenvalue weighted by Gasteiger charge is 2.33. The lowest BCUT2D eigenvalue weighted by molar-refractivity contribution is -0.274. The first-order valence-corrected chi connectivity index (χ1v) is 9.58. The van der Waals surface area contributed by atoms with Crippen LogP contribution in [0.1, 0.15) is 16.2 Å². The summed E-state index contributed by atoms with van der Waals surface area (Å²) in [6, 6.07) is 7.09. The maximum absolute atomic E-state index is 12.9. The number of nitrogens with one attached hydrogen (secondary N) is 3. The van der Waals surface area contributed by atoms with E-state index in [-0.39, 0.29) is 29.3 Å².